The summed E-state index contributed by atoms with van der Waals surface area (Å²) in [5.41, 5.74) is 0.0946. The number of benzene rings is 1. The van der Waals surface area contributed by atoms with Gasteiger partial charge in [-0.05, 0) is 39.8 Å². The molecular weight excluding hydrogens is 386 g/mol. The van der Waals surface area contributed by atoms with Crippen LogP contribution in [0.3, 0.4) is 0 Å². The number of fused-ring (bicyclic) bond motifs is 3. The van der Waals surface area contributed by atoms with Crippen LogP contribution in [0, 0.1) is 10.1 Å². The third-order valence-electron chi connectivity index (χ3n) is 4.94. The Labute approximate surface area is 167 Å². The lowest BCUT2D eigenvalue weighted by Crippen LogP contribution is -2.56. The minimum absolute atomic E-state index is 0.0938. The van der Waals surface area contributed by atoms with Gasteiger partial charge in [0.2, 0.25) is 0 Å². The van der Waals surface area contributed by atoms with E-state index >= 15 is 0 Å². The summed E-state index contributed by atoms with van der Waals surface area (Å²) in [6, 6.07) is 5.18. The summed E-state index contributed by atoms with van der Waals surface area (Å²) in [5.74, 6) is -2.30. The molecule has 0 saturated carbocycles. The van der Waals surface area contributed by atoms with Gasteiger partial charge in [0, 0.05) is 12.1 Å². The van der Waals surface area contributed by atoms with Crippen LogP contribution < -0.4 is 0 Å². The van der Waals surface area contributed by atoms with Crippen molar-refractivity contribution in [3.8, 4) is 0 Å². The lowest BCUT2D eigenvalue weighted by Gasteiger charge is -2.36. The van der Waals surface area contributed by atoms with Crippen LogP contribution in [0.5, 0.6) is 0 Å². The van der Waals surface area contributed by atoms with E-state index in [0.29, 0.717) is 0 Å². The molecule has 3 fully saturated rings. The van der Waals surface area contributed by atoms with Gasteiger partial charge in [-0.15, -0.1) is 0 Å². The molecule has 4 rings (SSSR count). The number of non-ortho nitro benzene ring substituents is 1. The van der Waals surface area contributed by atoms with Crippen molar-refractivity contribution in [2.24, 2.45) is 0 Å². The van der Waals surface area contributed by atoms with Gasteiger partial charge in [-0.1, -0.05) is 0 Å². The van der Waals surface area contributed by atoms with Crippen LogP contribution in [0.25, 0.3) is 0 Å². The molecule has 3 aliphatic rings. The number of nitro benzene ring substituents is 1. The van der Waals surface area contributed by atoms with Gasteiger partial charge < -0.3 is 28.4 Å². The lowest BCUT2D eigenvalue weighted by molar-refractivity contribution is -0.384. The number of esters is 1. The molecule has 10 heteroatoms. The van der Waals surface area contributed by atoms with Crippen molar-refractivity contribution in [1.82, 2.24) is 0 Å². The molecule has 0 N–H and O–H groups in total. The molecule has 10 nitrogen and oxygen atoms in total. The first kappa shape index (κ1) is 20.2. The average molecular weight is 409 g/mol. The Balaban J connectivity index is 1.45. The SMILES string of the molecule is CC1(C)O[C@@H]2O[C@H](COC(=O)c3ccc([N+](=O)[O-])cc3)[C@@H]3OC(C)(C)O[C@@H]3[C@@H]2O1. The van der Waals surface area contributed by atoms with Crippen LogP contribution in [-0.2, 0) is 28.4 Å². The Morgan fingerprint density at radius 1 is 1.00 bits per heavy atom. The first-order valence-electron chi connectivity index (χ1n) is 9.33. The van der Waals surface area contributed by atoms with E-state index in [9.17, 15) is 14.9 Å². The van der Waals surface area contributed by atoms with E-state index in [-0.39, 0.29) is 17.9 Å². The number of nitrogens with zero attached hydrogens (tertiary/aromatic N) is 1. The Morgan fingerprint density at radius 3 is 2.24 bits per heavy atom. The maximum absolute atomic E-state index is 12.3. The maximum atomic E-state index is 12.3. The van der Waals surface area contributed by atoms with Crippen LogP contribution in [0.4, 0.5) is 5.69 Å². The predicted molar refractivity (Wildman–Crippen MR) is 95.9 cm³/mol. The largest absolute Gasteiger partial charge is 0.459 e. The minimum Gasteiger partial charge on any atom is -0.459 e. The van der Waals surface area contributed by atoms with Crippen LogP contribution in [0.2, 0.25) is 0 Å². The number of carbonyl (C=O) groups excluding carboxylic acids is 1. The summed E-state index contributed by atoms with van der Waals surface area (Å²) in [6.07, 6.45) is -2.70. The highest BCUT2D eigenvalue weighted by Gasteiger charge is 2.60. The van der Waals surface area contributed by atoms with Gasteiger partial charge in [0.25, 0.3) is 5.69 Å². The number of carbonyl (C=O) groups is 1. The van der Waals surface area contributed by atoms with Gasteiger partial charge in [-0.2, -0.15) is 0 Å². The summed E-state index contributed by atoms with van der Waals surface area (Å²) < 4.78 is 35.0. The molecule has 29 heavy (non-hydrogen) atoms. The summed E-state index contributed by atoms with van der Waals surface area (Å²) in [6.45, 7) is 7.06. The molecular formula is C19H23NO9. The second-order valence-corrected chi connectivity index (χ2v) is 8.11. The Morgan fingerprint density at radius 2 is 1.59 bits per heavy atom. The lowest BCUT2D eigenvalue weighted by atomic mass is 9.99. The molecule has 158 valence electrons. The van der Waals surface area contributed by atoms with Crippen molar-refractivity contribution in [2.75, 3.05) is 6.61 Å². The molecule has 1 aromatic rings. The number of nitro groups is 1. The van der Waals surface area contributed by atoms with Gasteiger partial charge in [0.1, 0.15) is 31.0 Å². The molecule has 0 aliphatic carbocycles. The zero-order chi connectivity index (χ0) is 21.0. The van der Waals surface area contributed by atoms with Crippen molar-refractivity contribution >= 4 is 11.7 Å². The van der Waals surface area contributed by atoms with E-state index in [2.05, 4.69) is 0 Å². The van der Waals surface area contributed by atoms with Gasteiger partial charge in [-0.25, -0.2) is 4.79 Å². The molecule has 0 bridgehead atoms. The number of ether oxygens (including phenoxy) is 6. The highest BCUT2D eigenvalue weighted by Crippen LogP contribution is 2.44. The van der Waals surface area contributed by atoms with Crippen molar-refractivity contribution in [3.05, 3.63) is 39.9 Å². The minimum atomic E-state index is -0.843. The first-order valence-corrected chi connectivity index (χ1v) is 9.33. The standard InChI is InChI=1S/C19H23NO9/c1-18(2)26-13-12(25-17-15(14(13)27-18)28-19(3,4)29-17)9-24-16(21)10-5-7-11(8-6-10)20(22)23/h5-8,12-15,17H,9H2,1-4H3/t12-,13+,14+,15+,17+/m1/s1. The summed E-state index contributed by atoms with van der Waals surface area (Å²) in [4.78, 5) is 22.5. The maximum Gasteiger partial charge on any atom is 0.338 e. The van der Waals surface area contributed by atoms with Crippen molar-refractivity contribution in [3.63, 3.8) is 0 Å². The van der Waals surface area contributed by atoms with Crippen molar-refractivity contribution in [2.45, 2.75) is 70.0 Å². The molecule has 3 saturated heterocycles. The number of hydrogen-bond acceptors (Lipinski definition) is 9. The Hall–Kier alpha value is -2.11. The fourth-order valence-corrected chi connectivity index (χ4v) is 3.79. The first-order chi connectivity index (χ1) is 13.5. The Kier molecular flexibility index (Phi) is 4.87. The molecule has 1 aromatic carbocycles. The van der Waals surface area contributed by atoms with Gasteiger partial charge in [0.15, 0.2) is 17.9 Å². The Bertz CT molecular complexity index is 806. The van der Waals surface area contributed by atoms with Crippen LogP contribution >= 0.6 is 0 Å². The van der Waals surface area contributed by atoms with Crippen molar-refractivity contribution in [1.29, 1.82) is 0 Å². The molecule has 0 unspecified atom stereocenters. The third-order valence-corrected chi connectivity index (χ3v) is 4.94. The number of hydrogen-bond donors (Lipinski definition) is 0. The van der Waals surface area contributed by atoms with E-state index in [4.69, 9.17) is 28.4 Å². The topological polar surface area (TPSA) is 116 Å². The summed E-state index contributed by atoms with van der Waals surface area (Å²) in [5, 5.41) is 10.7. The van der Waals surface area contributed by atoms with Crippen LogP contribution in [-0.4, -0.2) is 59.8 Å². The highest BCUT2D eigenvalue weighted by atomic mass is 16.9. The molecule has 0 amide bonds. The molecule has 0 radical (unpaired) electrons. The van der Waals surface area contributed by atoms with E-state index in [1.807, 2.05) is 0 Å². The average Bonchev–Trinajstić information content (AvgIpc) is 3.13. The third kappa shape index (κ3) is 3.99. The zero-order valence-electron chi connectivity index (χ0n) is 16.5. The van der Waals surface area contributed by atoms with E-state index < -0.39 is 53.2 Å². The fourth-order valence-electron chi connectivity index (χ4n) is 3.79. The quantitative estimate of drug-likeness (QED) is 0.419. The van der Waals surface area contributed by atoms with Gasteiger partial charge >= 0.3 is 5.97 Å². The van der Waals surface area contributed by atoms with Gasteiger partial charge in [0.05, 0.1) is 10.5 Å². The van der Waals surface area contributed by atoms with Crippen LogP contribution in [0.1, 0.15) is 38.1 Å². The molecule has 5 atom stereocenters. The predicted octanol–water partition coefficient (Wildman–Crippen LogP) is 2.15. The molecule has 3 heterocycles. The zero-order valence-corrected chi connectivity index (χ0v) is 16.5. The molecule has 0 aromatic heterocycles. The van der Waals surface area contributed by atoms with Crippen LogP contribution in [0.15, 0.2) is 24.3 Å². The van der Waals surface area contributed by atoms with Gasteiger partial charge in [-0.3, -0.25) is 10.1 Å². The second-order valence-electron chi connectivity index (χ2n) is 8.11. The monoisotopic (exact) mass is 409 g/mol. The highest BCUT2D eigenvalue weighted by molar-refractivity contribution is 5.89. The summed E-state index contributed by atoms with van der Waals surface area (Å²) in [7, 11) is 0. The van der Waals surface area contributed by atoms with Crippen molar-refractivity contribution < 1.29 is 38.1 Å². The smallest absolute Gasteiger partial charge is 0.338 e. The van der Waals surface area contributed by atoms with E-state index in [1.165, 1.54) is 24.3 Å². The van der Waals surface area contributed by atoms with E-state index in [1.54, 1.807) is 27.7 Å². The second kappa shape index (κ2) is 6.99. The summed E-state index contributed by atoms with van der Waals surface area (Å²) >= 11 is 0. The number of rotatable bonds is 4. The van der Waals surface area contributed by atoms with E-state index in [0.717, 1.165) is 0 Å². The molecule has 0 spiro atoms. The fraction of sp³-hybridized carbons (Fsp3) is 0.632. The normalized spacial score (nSPS) is 34.3. The molecule has 3 aliphatic heterocycles.